The fraction of sp³-hybridized carbons (Fsp3) is 0.727. The lowest BCUT2D eigenvalue weighted by molar-refractivity contribution is -0.136. The molecule has 0 aromatic carbocycles. The molecule has 0 aromatic heterocycles. The predicted octanol–water partition coefficient (Wildman–Crippen LogP) is -0.112. The molecule has 2 rings (SSSR count). The first-order valence-corrected chi connectivity index (χ1v) is 5.86. The van der Waals surface area contributed by atoms with Gasteiger partial charge in [-0.25, -0.2) is 5.43 Å². The maximum atomic E-state index is 12.2. The van der Waals surface area contributed by atoms with Crippen LogP contribution in [0, 0.1) is 0 Å². The zero-order chi connectivity index (χ0) is 12.4. The van der Waals surface area contributed by atoms with Crippen LogP contribution < -0.4 is 5.43 Å². The zero-order valence-electron chi connectivity index (χ0n) is 10.1. The van der Waals surface area contributed by atoms with Crippen LogP contribution in [0.15, 0.2) is 5.10 Å². The van der Waals surface area contributed by atoms with Crippen molar-refractivity contribution >= 4 is 17.5 Å². The summed E-state index contributed by atoms with van der Waals surface area (Å²) in [4.78, 5) is 24.9. The quantitative estimate of drug-likeness (QED) is 0.694. The average molecular weight is 239 g/mol. The van der Waals surface area contributed by atoms with Crippen LogP contribution in [-0.4, -0.2) is 47.7 Å². The SMILES string of the molecule is C[C@@H]1CN(C(=O)C2=NNC(=O)CC2)[C@H](C)CO1. The standard InChI is InChI=1S/C11H17N3O3/c1-7-6-17-8(2)5-14(7)11(16)9-3-4-10(15)13-12-9/h7-8H,3-6H2,1-2H3,(H,13,15)/t7-,8-/m1/s1. The Morgan fingerprint density at radius 1 is 1.47 bits per heavy atom. The highest BCUT2D eigenvalue weighted by Crippen LogP contribution is 2.14. The molecule has 0 aromatic rings. The van der Waals surface area contributed by atoms with Crippen LogP contribution in [0.25, 0.3) is 0 Å². The van der Waals surface area contributed by atoms with E-state index in [4.69, 9.17) is 4.74 Å². The third kappa shape index (κ3) is 2.63. The van der Waals surface area contributed by atoms with Crippen molar-refractivity contribution in [3.05, 3.63) is 0 Å². The number of amides is 2. The normalized spacial score (nSPS) is 29.6. The number of morpholine rings is 1. The first kappa shape index (κ1) is 12.0. The number of carbonyl (C=O) groups is 2. The van der Waals surface area contributed by atoms with Gasteiger partial charge in [0.25, 0.3) is 5.91 Å². The number of rotatable bonds is 1. The monoisotopic (exact) mass is 239 g/mol. The summed E-state index contributed by atoms with van der Waals surface area (Å²) in [7, 11) is 0. The molecule has 2 heterocycles. The fourth-order valence-corrected chi connectivity index (χ4v) is 1.98. The molecule has 1 N–H and O–H groups in total. The van der Waals surface area contributed by atoms with Gasteiger partial charge in [-0.3, -0.25) is 9.59 Å². The summed E-state index contributed by atoms with van der Waals surface area (Å²) in [6.07, 6.45) is 0.802. The maximum absolute atomic E-state index is 12.2. The minimum atomic E-state index is -0.134. The van der Waals surface area contributed by atoms with Crippen molar-refractivity contribution in [1.29, 1.82) is 0 Å². The zero-order valence-corrected chi connectivity index (χ0v) is 10.1. The Kier molecular flexibility index (Phi) is 3.42. The third-order valence-corrected chi connectivity index (χ3v) is 3.02. The van der Waals surface area contributed by atoms with E-state index in [-0.39, 0.29) is 24.0 Å². The number of hydrogen-bond acceptors (Lipinski definition) is 4. The Hall–Kier alpha value is -1.43. The lowest BCUT2D eigenvalue weighted by Crippen LogP contribution is -2.53. The van der Waals surface area contributed by atoms with E-state index in [2.05, 4.69) is 10.5 Å². The van der Waals surface area contributed by atoms with Gasteiger partial charge in [0, 0.05) is 19.4 Å². The van der Waals surface area contributed by atoms with Gasteiger partial charge >= 0.3 is 0 Å². The van der Waals surface area contributed by atoms with E-state index < -0.39 is 0 Å². The van der Waals surface area contributed by atoms with Gasteiger partial charge in [-0.15, -0.1) is 0 Å². The van der Waals surface area contributed by atoms with Gasteiger partial charge < -0.3 is 9.64 Å². The average Bonchev–Trinajstić information content (AvgIpc) is 2.32. The van der Waals surface area contributed by atoms with Gasteiger partial charge in [-0.2, -0.15) is 5.10 Å². The number of ether oxygens (including phenoxy) is 1. The van der Waals surface area contributed by atoms with Crippen LogP contribution in [-0.2, 0) is 14.3 Å². The topological polar surface area (TPSA) is 71.0 Å². The molecule has 0 radical (unpaired) electrons. The molecular weight excluding hydrogens is 222 g/mol. The van der Waals surface area contributed by atoms with Gasteiger partial charge in [-0.05, 0) is 13.8 Å². The van der Waals surface area contributed by atoms with Gasteiger partial charge in [-0.1, -0.05) is 0 Å². The fourth-order valence-electron chi connectivity index (χ4n) is 1.98. The summed E-state index contributed by atoms with van der Waals surface area (Å²) >= 11 is 0. The minimum Gasteiger partial charge on any atom is -0.375 e. The van der Waals surface area contributed by atoms with E-state index in [0.29, 0.717) is 31.7 Å². The molecule has 1 fully saturated rings. The number of nitrogens with zero attached hydrogens (tertiary/aromatic N) is 2. The van der Waals surface area contributed by atoms with Crippen molar-refractivity contribution in [3.8, 4) is 0 Å². The van der Waals surface area contributed by atoms with Crippen molar-refractivity contribution in [3.63, 3.8) is 0 Å². The molecule has 0 aliphatic carbocycles. The Balaban J connectivity index is 2.06. The highest BCUT2D eigenvalue weighted by molar-refractivity contribution is 6.39. The molecule has 6 nitrogen and oxygen atoms in total. The smallest absolute Gasteiger partial charge is 0.270 e. The molecule has 2 atom stereocenters. The van der Waals surface area contributed by atoms with Crippen molar-refractivity contribution in [2.75, 3.05) is 13.2 Å². The van der Waals surface area contributed by atoms with E-state index in [1.807, 2.05) is 13.8 Å². The van der Waals surface area contributed by atoms with Crippen molar-refractivity contribution in [2.45, 2.75) is 38.8 Å². The van der Waals surface area contributed by atoms with E-state index in [1.165, 1.54) is 0 Å². The van der Waals surface area contributed by atoms with Gasteiger partial charge in [0.15, 0.2) is 0 Å². The summed E-state index contributed by atoms with van der Waals surface area (Å²) in [5.74, 6) is -0.224. The van der Waals surface area contributed by atoms with Crippen molar-refractivity contribution in [1.82, 2.24) is 10.3 Å². The van der Waals surface area contributed by atoms with Crippen LogP contribution in [0.5, 0.6) is 0 Å². The predicted molar refractivity (Wildman–Crippen MR) is 61.4 cm³/mol. The second kappa shape index (κ2) is 4.83. The Morgan fingerprint density at radius 3 is 2.88 bits per heavy atom. The summed E-state index contributed by atoms with van der Waals surface area (Å²) in [5.41, 5.74) is 2.78. The Labute approximate surface area is 100.0 Å². The van der Waals surface area contributed by atoms with Gasteiger partial charge in [0.1, 0.15) is 5.71 Å². The number of carbonyl (C=O) groups excluding carboxylic acids is 2. The third-order valence-electron chi connectivity index (χ3n) is 3.02. The molecule has 17 heavy (non-hydrogen) atoms. The van der Waals surface area contributed by atoms with Crippen LogP contribution in [0.3, 0.4) is 0 Å². The number of nitrogens with one attached hydrogen (secondary N) is 1. The molecule has 94 valence electrons. The van der Waals surface area contributed by atoms with E-state index in [9.17, 15) is 9.59 Å². The van der Waals surface area contributed by atoms with Crippen LogP contribution in [0.4, 0.5) is 0 Å². The maximum Gasteiger partial charge on any atom is 0.270 e. The summed E-state index contributed by atoms with van der Waals surface area (Å²) in [5, 5.41) is 3.83. The second-order valence-electron chi connectivity index (χ2n) is 4.54. The largest absolute Gasteiger partial charge is 0.375 e. The summed E-state index contributed by atoms with van der Waals surface area (Å²) < 4.78 is 5.47. The highest BCUT2D eigenvalue weighted by atomic mass is 16.5. The Bertz CT molecular complexity index is 367. The van der Waals surface area contributed by atoms with Gasteiger partial charge in [0.05, 0.1) is 18.8 Å². The lowest BCUT2D eigenvalue weighted by atomic mass is 10.1. The molecule has 6 heteroatoms. The number of hydrogen-bond donors (Lipinski definition) is 1. The van der Waals surface area contributed by atoms with Crippen LogP contribution in [0.2, 0.25) is 0 Å². The van der Waals surface area contributed by atoms with Gasteiger partial charge in [0.2, 0.25) is 5.91 Å². The van der Waals surface area contributed by atoms with Crippen LogP contribution >= 0.6 is 0 Å². The molecule has 0 saturated carbocycles. The van der Waals surface area contributed by atoms with E-state index >= 15 is 0 Å². The lowest BCUT2D eigenvalue weighted by Gasteiger charge is -2.37. The van der Waals surface area contributed by atoms with Crippen molar-refractivity contribution < 1.29 is 14.3 Å². The van der Waals surface area contributed by atoms with E-state index in [1.54, 1.807) is 4.90 Å². The molecule has 0 spiro atoms. The summed E-state index contributed by atoms with van der Waals surface area (Å²) in [6, 6.07) is 0.0547. The molecular formula is C11H17N3O3. The second-order valence-corrected chi connectivity index (χ2v) is 4.54. The Morgan fingerprint density at radius 2 is 2.24 bits per heavy atom. The molecule has 0 bridgehead atoms. The van der Waals surface area contributed by atoms with E-state index in [0.717, 1.165) is 0 Å². The van der Waals surface area contributed by atoms with Crippen molar-refractivity contribution in [2.24, 2.45) is 5.10 Å². The molecule has 1 saturated heterocycles. The molecule has 2 amide bonds. The number of hydrazone groups is 1. The molecule has 2 aliphatic rings. The minimum absolute atomic E-state index is 0.0499. The first-order chi connectivity index (χ1) is 8.08. The molecule has 0 unspecified atom stereocenters. The first-order valence-electron chi connectivity index (χ1n) is 5.86. The van der Waals surface area contributed by atoms with Crippen LogP contribution in [0.1, 0.15) is 26.7 Å². The summed E-state index contributed by atoms with van der Waals surface area (Å²) in [6.45, 7) is 5.02. The highest BCUT2D eigenvalue weighted by Gasteiger charge is 2.31. The molecule has 2 aliphatic heterocycles.